The second-order valence-corrected chi connectivity index (χ2v) is 18.9. The summed E-state index contributed by atoms with van der Waals surface area (Å²) in [6.45, 7) is 5.20. The van der Waals surface area contributed by atoms with Crippen molar-refractivity contribution in [1.29, 1.82) is 0 Å². The number of tetrazole rings is 2. The number of anilines is 5. The molecule has 0 aliphatic heterocycles. The number of nitrogens with two attached hydrogens (primary N) is 1. The SMILES string of the molecule is CCCN(Cc1ccc(Cl)cc1Cl)c1ccc(-c2ccccc2-c2nn[nH]n2)cc1N.Cc1ccc(NC(=O)Nc2cc(-c3ccccc3-c3nn[nH]n3)ccc2N(CCC(F)(F)F)Cc2ccc(Cl)cc2Cl)cc1. The Morgan fingerprint density at radius 3 is 1.60 bits per heavy atom. The van der Waals surface area contributed by atoms with Gasteiger partial charge in [0.25, 0.3) is 0 Å². The Morgan fingerprint density at radius 1 is 0.613 bits per heavy atom. The molecule has 0 saturated carbocycles. The van der Waals surface area contributed by atoms with Crippen molar-refractivity contribution in [2.75, 3.05) is 39.3 Å². The van der Waals surface area contributed by atoms with Crippen LogP contribution in [0, 0.1) is 6.92 Å². The molecule has 9 aromatic rings. The summed E-state index contributed by atoms with van der Waals surface area (Å²) in [5.41, 5.74) is 16.9. The van der Waals surface area contributed by atoms with Gasteiger partial charge in [0.05, 0.1) is 29.2 Å². The van der Waals surface area contributed by atoms with Gasteiger partial charge in [0.2, 0.25) is 11.6 Å². The summed E-state index contributed by atoms with van der Waals surface area (Å²) in [5, 5.41) is 36.3. The molecule has 2 heterocycles. The lowest BCUT2D eigenvalue weighted by Gasteiger charge is -2.29. The van der Waals surface area contributed by atoms with Crippen LogP contribution in [0.4, 0.5) is 46.4 Å². The van der Waals surface area contributed by atoms with Crippen molar-refractivity contribution in [3.63, 3.8) is 0 Å². The zero-order chi connectivity index (χ0) is 53.1. The molecule has 0 atom stereocenters. The van der Waals surface area contributed by atoms with Gasteiger partial charge < -0.3 is 26.2 Å². The van der Waals surface area contributed by atoms with E-state index in [9.17, 15) is 18.0 Å². The van der Waals surface area contributed by atoms with Crippen molar-refractivity contribution in [2.45, 2.75) is 46.0 Å². The smallest absolute Gasteiger partial charge is 0.390 e. The molecule has 7 aromatic carbocycles. The molecule has 14 nitrogen and oxygen atoms in total. The van der Waals surface area contributed by atoms with E-state index in [0.29, 0.717) is 72.0 Å². The number of nitrogen functional groups attached to an aromatic ring is 1. The Labute approximate surface area is 450 Å². The van der Waals surface area contributed by atoms with E-state index < -0.39 is 25.2 Å². The van der Waals surface area contributed by atoms with Gasteiger partial charge in [-0.25, -0.2) is 4.79 Å². The highest BCUT2D eigenvalue weighted by Gasteiger charge is 2.29. The fourth-order valence-electron chi connectivity index (χ4n) is 8.23. The van der Waals surface area contributed by atoms with E-state index >= 15 is 0 Å². The van der Waals surface area contributed by atoms with Crippen LogP contribution in [-0.2, 0) is 13.1 Å². The zero-order valence-electron chi connectivity index (χ0n) is 40.3. The maximum Gasteiger partial charge on any atom is 0.390 e. The molecule has 2 aromatic heterocycles. The highest BCUT2D eigenvalue weighted by atomic mass is 35.5. The van der Waals surface area contributed by atoms with E-state index in [1.54, 1.807) is 48.5 Å². The Hall–Kier alpha value is -7.70. The van der Waals surface area contributed by atoms with Gasteiger partial charge >= 0.3 is 12.2 Å². The second kappa shape index (κ2) is 24.6. The van der Waals surface area contributed by atoms with Gasteiger partial charge in [-0.05, 0) is 118 Å². The number of hydrogen-bond donors (Lipinski definition) is 5. The van der Waals surface area contributed by atoms with Crippen LogP contribution in [0.2, 0.25) is 20.1 Å². The number of benzene rings is 7. The van der Waals surface area contributed by atoms with E-state index in [-0.39, 0.29) is 12.2 Å². The molecule has 6 N–H and O–H groups in total. The van der Waals surface area contributed by atoms with Crippen molar-refractivity contribution in [3.8, 4) is 45.0 Å². The molecule has 384 valence electrons. The molecule has 2 amide bonds. The lowest BCUT2D eigenvalue weighted by Crippen LogP contribution is -2.29. The molecule has 0 fully saturated rings. The van der Waals surface area contributed by atoms with Gasteiger partial charge in [-0.3, -0.25) is 0 Å². The summed E-state index contributed by atoms with van der Waals surface area (Å²) in [6, 6.07) is 43.6. The first-order valence-electron chi connectivity index (χ1n) is 23.4. The molecular weight excluding hydrogens is 1050 g/mol. The predicted octanol–water partition coefficient (Wildman–Crippen LogP) is 14.6. The molecule has 0 aliphatic carbocycles. The number of hydrogen-bond acceptors (Lipinski definition) is 10. The first kappa shape index (κ1) is 53.6. The number of alkyl halides is 3. The lowest BCUT2D eigenvalue weighted by atomic mass is 9.98. The molecule has 0 spiro atoms. The molecule has 0 saturated heterocycles. The number of aryl methyl sites for hydroxylation is 1. The number of carbonyl (C=O) groups excluding carboxylic acids is 1. The molecule has 21 heteroatoms. The minimum absolute atomic E-state index is 0.0269. The first-order chi connectivity index (χ1) is 36.1. The van der Waals surface area contributed by atoms with Gasteiger partial charge in [0.15, 0.2) is 0 Å². The number of amides is 2. The predicted molar refractivity (Wildman–Crippen MR) is 294 cm³/mol. The maximum absolute atomic E-state index is 13.5. The molecule has 9 rings (SSSR count). The summed E-state index contributed by atoms with van der Waals surface area (Å²) >= 11 is 24.9. The third kappa shape index (κ3) is 14.1. The lowest BCUT2D eigenvalue weighted by molar-refractivity contribution is -0.132. The van der Waals surface area contributed by atoms with E-state index in [0.717, 1.165) is 52.0 Å². The molecule has 0 radical (unpaired) electrons. The van der Waals surface area contributed by atoms with Crippen LogP contribution in [0.5, 0.6) is 0 Å². The van der Waals surface area contributed by atoms with Crippen molar-refractivity contribution in [2.24, 2.45) is 0 Å². The molecular formula is C54H48Cl4F3N13O. The van der Waals surface area contributed by atoms with Crippen molar-refractivity contribution in [3.05, 3.63) is 182 Å². The number of urea groups is 1. The van der Waals surface area contributed by atoms with Crippen molar-refractivity contribution < 1.29 is 18.0 Å². The van der Waals surface area contributed by atoms with Crippen LogP contribution in [0.1, 0.15) is 36.5 Å². The first-order valence-corrected chi connectivity index (χ1v) is 24.9. The molecule has 0 bridgehead atoms. The molecule has 0 unspecified atom stereocenters. The zero-order valence-corrected chi connectivity index (χ0v) is 43.3. The average molecular weight is 1090 g/mol. The third-order valence-corrected chi connectivity index (χ3v) is 13.0. The number of rotatable bonds is 16. The van der Waals surface area contributed by atoms with Gasteiger partial charge in [0, 0.05) is 63.1 Å². The number of aromatic nitrogens is 8. The van der Waals surface area contributed by atoms with Gasteiger partial charge in [-0.2, -0.15) is 23.6 Å². The van der Waals surface area contributed by atoms with Crippen LogP contribution in [0.15, 0.2) is 146 Å². The van der Waals surface area contributed by atoms with Crippen LogP contribution >= 0.6 is 46.4 Å². The minimum Gasteiger partial charge on any atom is -0.397 e. The highest BCUT2D eigenvalue weighted by Crippen LogP contribution is 2.39. The second-order valence-electron chi connectivity index (χ2n) is 17.2. The number of halogens is 7. The van der Waals surface area contributed by atoms with Gasteiger partial charge in [-0.15, -0.1) is 20.4 Å². The standard InChI is InChI=1S/C31H26Cl2F3N7O.C23H22Cl2N6/c1-19-6-11-23(12-7-19)37-30(44)38-27-16-20(24-4-2-3-5-25(24)29-39-41-42-40-29)9-13-28(27)43(15-14-31(34,35)36)18-21-8-10-22(32)17-26(21)33;1-2-11-31(14-16-7-9-17(24)13-20(16)25)22-10-8-15(12-21(22)26)18-5-3-4-6-19(18)23-27-29-30-28-23/h2-13,16-17H,14-15,18H2,1H3,(H2,37,38,44)(H,39,40,41,42);3-10,12-13H,2,11,14,26H2,1H3,(H,27,28,29,30). The maximum atomic E-state index is 13.5. The van der Waals surface area contributed by atoms with Crippen molar-refractivity contribution >= 4 is 80.9 Å². The summed E-state index contributed by atoms with van der Waals surface area (Å²) in [4.78, 5) is 17.0. The van der Waals surface area contributed by atoms with Crippen molar-refractivity contribution in [1.82, 2.24) is 41.2 Å². The highest BCUT2D eigenvalue weighted by molar-refractivity contribution is 6.35. The molecule has 75 heavy (non-hydrogen) atoms. The van der Waals surface area contributed by atoms with Crippen LogP contribution in [0.25, 0.3) is 45.0 Å². The third-order valence-electron chi connectivity index (χ3n) is 11.8. The average Bonchev–Trinajstić information content (AvgIpc) is 4.14. The van der Waals surface area contributed by atoms with Gasteiger partial charge in [0.1, 0.15) is 0 Å². The van der Waals surface area contributed by atoms with E-state index in [4.69, 9.17) is 52.1 Å². The summed E-state index contributed by atoms with van der Waals surface area (Å²) < 4.78 is 40.4. The summed E-state index contributed by atoms with van der Waals surface area (Å²) in [7, 11) is 0. The number of carbonyl (C=O) groups is 1. The Kier molecular flexibility index (Phi) is 17.5. The number of aromatic amines is 2. The summed E-state index contributed by atoms with van der Waals surface area (Å²) in [6.07, 6.45) is -4.52. The quantitative estimate of drug-likeness (QED) is 0.0584. The van der Waals surface area contributed by atoms with E-state index in [2.05, 4.69) is 75.8 Å². The Balaban J connectivity index is 0.000000211. The normalized spacial score (nSPS) is 11.2. The fraction of sp³-hybridized carbons (Fsp3) is 0.167. The summed E-state index contributed by atoms with van der Waals surface area (Å²) in [5.74, 6) is 0.906. The Bertz CT molecular complexity index is 3360. The fourth-order valence-corrected chi connectivity index (χ4v) is 9.17. The number of H-pyrrole nitrogens is 2. The number of nitrogens with one attached hydrogen (secondary N) is 4. The van der Waals surface area contributed by atoms with Crippen LogP contribution in [-0.4, -0.2) is 66.5 Å². The monoisotopic (exact) mass is 1090 g/mol. The Morgan fingerprint density at radius 2 is 1.12 bits per heavy atom. The topological polar surface area (TPSA) is 183 Å². The van der Waals surface area contributed by atoms with Gasteiger partial charge in [-0.1, -0.05) is 144 Å². The van der Waals surface area contributed by atoms with E-state index in [1.807, 2.05) is 85.8 Å². The van der Waals surface area contributed by atoms with Crippen LogP contribution in [0.3, 0.4) is 0 Å². The number of nitrogens with zero attached hydrogens (tertiary/aromatic N) is 8. The largest absolute Gasteiger partial charge is 0.397 e. The van der Waals surface area contributed by atoms with Crippen LogP contribution < -0.4 is 26.2 Å². The minimum atomic E-state index is -4.41. The van der Waals surface area contributed by atoms with E-state index in [1.165, 1.54) is 11.0 Å². The molecule has 0 aliphatic rings.